The van der Waals surface area contributed by atoms with Crippen molar-refractivity contribution in [1.29, 1.82) is 0 Å². The third kappa shape index (κ3) is 3.06. The first-order valence-corrected chi connectivity index (χ1v) is 11.1. The predicted octanol–water partition coefficient (Wildman–Crippen LogP) is 3.42. The fourth-order valence-electron chi connectivity index (χ4n) is 5.82. The van der Waals surface area contributed by atoms with Crippen LogP contribution in [0.3, 0.4) is 0 Å². The third-order valence-corrected chi connectivity index (χ3v) is 7.34. The van der Waals surface area contributed by atoms with E-state index < -0.39 is 17.7 Å². The van der Waals surface area contributed by atoms with E-state index in [9.17, 15) is 14.3 Å². The van der Waals surface area contributed by atoms with Gasteiger partial charge < -0.3 is 15.7 Å². The van der Waals surface area contributed by atoms with Gasteiger partial charge in [0.1, 0.15) is 23.3 Å². The average Bonchev–Trinajstić information content (AvgIpc) is 3.22. The van der Waals surface area contributed by atoms with Gasteiger partial charge in [0, 0.05) is 24.3 Å². The van der Waals surface area contributed by atoms with Crippen LogP contribution in [-0.2, 0) is 4.79 Å². The number of fused-ring (bicyclic) bond motifs is 5. The molecule has 3 aliphatic carbocycles. The Labute approximate surface area is 183 Å². The molecule has 8 nitrogen and oxygen atoms in total. The number of pyridine rings is 2. The molecule has 164 valence electrons. The van der Waals surface area contributed by atoms with Gasteiger partial charge in [-0.3, -0.25) is 4.79 Å². The first-order chi connectivity index (χ1) is 15.6. The summed E-state index contributed by atoms with van der Waals surface area (Å²) < 4.78 is 13.9. The van der Waals surface area contributed by atoms with E-state index in [4.69, 9.17) is 4.98 Å². The summed E-state index contributed by atoms with van der Waals surface area (Å²) in [7, 11) is 0. The molecule has 0 amide bonds. The van der Waals surface area contributed by atoms with Crippen LogP contribution in [0.25, 0.3) is 11.0 Å². The molecule has 9 heteroatoms. The average molecular weight is 434 g/mol. The maximum atomic E-state index is 13.9. The number of carbonyl (C=O) groups is 1. The highest BCUT2D eigenvalue weighted by Crippen LogP contribution is 2.46. The summed E-state index contributed by atoms with van der Waals surface area (Å²) >= 11 is 0. The van der Waals surface area contributed by atoms with Gasteiger partial charge in [0.05, 0.1) is 23.4 Å². The normalized spacial score (nSPS) is 28.3. The molecule has 32 heavy (non-hydrogen) atoms. The number of nitrogens with one attached hydrogen (secondary N) is 2. The van der Waals surface area contributed by atoms with E-state index in [2.05, 4.69) is 25.6 Å². The molecule has 4 heterocycles. The van der Waals surface area contributed by atoms with Gasteiger partial charge in [-0.05, 0) is 55.7 Å². The first kappa shape index (κ1) is 19.3. The molecule has 3 fully saturated rings. The highest BCUT2D eigenvalue weighted by Gasteiger charge is 2.47. The molecule has 0 radical (unpaired) electrons. The summed E-state index contributed by atoms with van der Waals surface area (Å²) in [6.45, 7) is 0.509. The summed E-state index contributed by atoms with van der Waals surface area (Å²) in [5.41, 5.74) is 1.25. The molecule has 0 aromatic carbocycles. The topological polar surface area (TPSA) is 113 Å². The lowest BCUT2D eigenvalue weighted by atomic mass is 9.61. The van der Waals surface area contributed by atoms with Crippen LogP contribution >= 0.6 is 0 Å². The Hall–Kier alpha value is -3.36. The van der Waals surface area contributed by atoms with Crippen molar-refractivity contribution in [1.82, 2.24) is 19.9 Å². The standard InChI is InChI=1S/C23H23FN6O2/c24-13-8-15-16(10-27-19(15)26-9-13)22-29-20-14(2-1-7-25-20)21(30-22)28-18-12-5-3-11(4-6-12)17(18)23(31)32/h1-2,7-9,11-12,16-18H,3-6,10H2,(H,26,27)(H,31,32)(H,25,28,29,30). The van der Waals surface area contributed by atoms with E-state index in [-0.39, 0.29) is 17.9 Å². The lowest BCUT2D eigenvalue weighted by Gasteiger charge is -2.47. The van der Waals surface area contributed by atoms with Crippen molar-refractivity contribution in [3.63, 3.8) is 0 Å². The summed E-state index contributed by atoms with van der Waals surface area (Å²) in [6.07, 6.45) is 6.87. The van der Waals surface area contributed by atoms with Crippen LogP contribution in [0.15, 0.2) is 30.6 Å². The van der Waals surface area contributed by atoms with Crippen LogP contribution < -0.4 is 10.6 Å². The quantitative estimate of drug-likeness (QED) is 0.573. The van der Waals surface area contributed by atoms with Crippen LogP contribution in [0.4, 0.5) is 16.0 Å². The van der Waals surface area contributed by atoms with Crippen molar-refractivity contribution in [3.8, 4) is 0 Å². The molecule has 0 saturated heterocycles. The van der Waals surface area contributed by atoms with Crippen molar-refractivity contribution < 1.29 is 14.3 Å². The van der Waals surface area contributed by atoms with Crippen molar-refractivity contribution in [2.45, 2.75) is 37.6 Å². The molecule has 4 aliphatic rings. The van der Waals surface area contributed by atoms with E-state index in [1.54, 1.807) is 6.20 Å². The molecule has 0 spiro atoms. The molecule has 3 aromatic rings. The Morgan fingerprint density at radius 2 is 1.97 bits per heavy atom. The van der Waals surface area contributed by atoms with Gasteiger partial charge in [0.25, 0.3) is 0 Å². The van der Waals surface area contributed by atoms with E-state index in [0.717, 1.165) is 31.1 Å². The monoisotopic (exact) mass is 434 g/mol. The van der Waals surface area contributed by atoms with Crippen molar-refractivity contribution >= 4 is 28.6 Å². The maximum absolute atomic E-state index is 13.9. The fraction of sp³-hybridized carbons (Fsp3) is 0.435. The molecule has 3 saturated carbocycles. The molecule has 3 atom stereocenters. The van der Waals surface area contributed by atoms with Crippen LogP contribution in [0, 0.1) is 23.6 Å². The zero-order chi connectivity index (χ0) is 21.8. The van der Waals surface area contributed by atoms with E-state index >= 15 is 0 Å². The molecule has 2 bridgehead atoms. The van der Waals surface area contributed by atoms with Crippen LogP contribution in [0.2, 0.25) is 0 Å². The highest BCUT2D eigenvalue weighted by atomic mass is 19.1. The number of rotatable bonds is 4. The van der Waals surface area contributed by atoms with Gasteiger partial charge in [0.2, 0.25) is 0 Å². The van der Waals surface area contributed by atoms with E-state index in [0.29, 0.717) is 41.1 Å². The molecular formula is C23H23FN6O2. The zero-order valence-electron chi connectivity index (χ0n) is 17.3. The van der Waals surface area contributed by atoms with Gasteiger partial charge in [-0.2, -0.15) is 0 Å². The Bertz CT molecular complexity index is 1210. The van der Waals surface area contributed by atoms with Gasteiger partial charge in [0.15, 0.2) is 5.65 Å². The van der Waals surface area contributed by atoms with Crippen molar-refractivity contribution in [2.24, 2.45) is 17.8 Å². The number of aromatic nitrogens is 4. The summed E-state index contributed by atoms with van der Waals surface area (Å²) in [5, 5.41) is 17.4. The SMILES string of the molecule is O=C(O)C1C2CCC(CC2)C1Nc1nc(C2CNc3ncc(F)cc32)nc2ncccc12. The minimum absolute atomic E-state index is 0.181. The predicted molar refractivity (Wildman–Crippen MR) is 116 cm³/mol. The van der Waals surface area contributed by atoms with Crippen LogP contribution in [-0.4, -0.2) is 43.6 Å². The number of hydrogen-bond acceptors (Lipinski definition) is 7. The summed E-state index contributed by atoms with van der Waals surface area (Å²) in [5.74, 6) is 0.398. The lowest BCUT2D eigenvalue weighted by Crippen LogP contribution is -2.51. The number of carboxylic acids is 1. The molecule has 3 aromatic heterocycles. The number of nitrogens with zero attached hydrogens (tertiary/aromatic N) is 4. The fourth-order valence-corrected chi connectivity index (χ4v) is 5.82. The van der Waals surface area contributed by atoms with Crippen molar-refractivity contribution in [2.75, 3.05) is 17.2 Å². The number of halogens is 1. The van der Waals surface area contributed by atoms with Gasteiger partial charge >= 0.3 is 5.97 Å². The Kier molecular flexibility index (Phi) is 4.44. The van der Waals surface area contributed by atoms with Crippen molar-refractivity contribution in [3.05, 3.63) is 47.8 Å². The Balaban J connectivity index is 1.43. The van der Waals surface area contributed by atoms with Crippen LogP contribution in [0.5, 0.6) is 0 Å². The molecular weight excluding hydrogens is 411 g/mol. The molecule has 1 aliphatic heterocycles. The second-order valence-corrected chi connectivity index (χ2v) is 9.04. The number of carboxylic acid groups (broad SMARTS) is 1. The number of anilines is 2. The minimum Gasteiger partial charge on any atom is -0.481 e. The smallest absolute Gasteiger partial charge is 0.308 e. The maximum Gasteiger partial charge on any atom is 0.308 e. The van der Waals surface area contributed by atoms with Gasteiger partial charge in [-0.15, -0.1) is 0 Å². The molecule has 3 unspecified atom stereocenters. The van der Waals surface area contributed by atoms with Crippen LogP contribution in [0.1, 0.15) is 43.0 Å². The summed E-state index contributed by atoms with van der Waals surface area (Å²) in [4.78, 5) is 30.2. The first-order valence-electron chi connectivity index (χ1n) is 11.1. The second-order valence-electron chi connectivity index (χ2n) is 9.04. The van der Waals surface area contributed by atoms with E-state index in [1.165, 1.54) is 12.3 Å². The number of aliphatic carboxylic acids is 1. The lowest BCUT2D eigenvalue weighted by molar-refractivity contribution is -0.148. The molecule has 3 N–H and O–H groups in total. The third-order valence-electron chi connectivity index (χ3n) is 7.34. The van der Waals surface area contributed by atoms with Gasteiger partial charge in [-0.1, -0.05) is 0 Å². The Morgan fingerprint density at radius 3 is 2.78 bits per heavy atom. The summed E-state index contributed by atoms with van der Waals surface area (Å²) in [6, 6.07) is 5.00. The largest absolute Gasteiger partial charge is 0.481 e. The highest BCUT2D eigenvalue weighted by molar-refractivity contribution is 5.87. The number of hydrogen-bond donors (Lipinski definition) is 3. The minimum atomic E-state index is -0.746. The zero-order valence-corrected chi connectivity index (χ0v) is 17.3. The molecule has 7 rings (SSSR count). The second kappa shape index (κ2) is 7.36. The van der Waals surface area contributed by atoms with E-state index in [1.807, 2.05) is 12.1 Å². The van der Waals surface area contributed by atoms with Gasteiger partial charge in [-0.25, -0.2) is 24.3 Å². The Morgan fingerprint density at radius 1 is 1.16 bits per heavy atom.